The summed E-state index contributed by atoms with van der Waals surface area (Å²) < 4.78 is 7.34. The van der Waals surface area contributed by atoms with Crippen molar-refractivity contribution in [3.63, 3.8) is 0 Å². The molecule has 0 aliphatic rings. The van der Waals surface area contributed by atoms with Crippen LogP contribution in [0.3, 0.4) is 0 Å². The maximum atomic E-state index is 12.2. The van der Waals surface area contributed by atoms with Crippen molar-refractivity contribution in [2.45, 2.75) is 46.1 Å². The predicted molar refractivity (Wildman–Crippen MR) is 81.9 cm³/mol. The smallest absolute Gasteiger partial charge is 0.329 e. The lowest BCUT2D eigenvalue weighted by Gasteiger charge is -2.21. The van der Waals surface area contributed by atoms with Crippen molar-refractivity contribution in [3.05, 3.63) is 23.5 Å². The van der Waals surface area contributed by atoms with Gasteiger partial charge in [-0.05, 0) is 49.8 Å². The fourth-order valence-corrected chi connectivity index (χ4v) is 2.67. The van der Waals surface area contributed by atoms with Gasteiger partial charge >= 0.3 is 5.97 Å². The molecule has 0 aliphatic carbocycles. The monoisotopic (exact) mass is 283 g/mol. The maximum Gasteiger partial charge on any atom is 0.329 e. The van der Waals surface area contributed by atoms with Crippen molar-refractivity contribution >= 4 is 17.7 Å². The SMILES string of the molecule is CCOC(=O)[C@H](CCSC)n1cc(C)cc1C(C)C. The maximum absolute atomic E-state index is 12.2. The lowest BCUT2D eigenvalue weighted by Crippen LogP contribution is -2.24. The molecule has 1 aromatic heterocycles. The Morgan fingerprint density at radius 2 is 2.16 bits per heavy atom. The molecule has 0 saturated carbocycles. The summed E-state index contributed by atoms with van der Waals surface area (Å²) in [6.07, 6.45) is 4.94. The largest absolute Gasteiger partial charge is 0.464 e. The van der Waals surface area contributed by atoms with Gasteiger partial charge in [-0.1, -0.05) is 13.8 Å². The summed E-state index contributed by atoms with van der Waals surface area (Å²) in [4.78, 5) is 12.2. The van der Waals surface area contributed by atoms with Gasteiger partial charge in [-0.2, -0.15) is 11.8 Å². The third kappa shape index (κ3) is 4.30. The van der Waals surface area contributed by atoms with Gasteiger partial charge in [-0.25, -0.2) is 4.79 Å². The number of aromatic nitrogens is 1. The summed E-state index contributed by atoms with van der Waals surface area (Å²) in [5.41, 5.74) is 2.40. The van der Waals surface area contributed by atoms with Gasteiger partial charge < -0.3 is 9.30 Å². The summed E-state index contributed by atoms with van der Waals surface area (Å²) in [6, 6.07) is 1.97. The van der Waals surface area contributed by atoms with Crippen LogP contribution in [0, 0.1) is 6.92 Å². The van der Waals surface area contributed by atoms with Crippen LogP contribution in [-0.2, 0) is 9.53 Å². The molecule has 0 unspecified atom stereocenters. The van der Waals surface area contributed by atoms with Gasteiger partial charge in [-0.15, -0.1) is 0 Å². The first kappa shape index (κ1) is 16.2. The van der Waals surface area contributed by atoms with Crippen LogP contribution in [0.2, 0.25) is 0 Å². The second kappa shape index (κ2) is 7.63. The number of thioether (sulfide) groups is 1. The minimum atomic E-state index is -0.196. The molecular formula is C15H25NO2S. The molecule has 0 fully saturated rings. The fraction of sp³-hybridized carbons (Fsp3) is 0.667. The zero-order valence-corrected chi connectivity index (χ0v) is 13.4. The normalized spacial score (nSPS) is 12.7. The molecule has 4 heteroatoms. The van der Waals surface area contributed by atoms with E-state index >= 15 is 0 Å². The molecule has 0 N–H and O–H groups in total. The van der Waals surface area contributed by atoms with E-state index in [2.05, 4.69) is 43.9 Å². The molecule has 3 nitrogen and oxygen atoms in total. The molecular weight excluding hydrogens is 258 g/mol. The summed E-state index contributed by atoms with van der Waals surface area (Å²) in [5, 5.41) is 0. The second-order valence-electron chi connectivity index (χ2n) is 5.05. The number of nitrogens with zero attached hydrogens (tertiary/aromatic N) is 1. The van der Waals surface area contributed by atoms with Gasteiger partial charge in [0.05, 0.1) is 6.61 Å². The van der Waals surface area contributed by atoms with Crippen LogP contribution in [0.1, 0.15) is 50.4 Å². The van der Waals surface area contributed by atoms with Gasteiger partial charge in [0.25, 0.3) is 0 Å². The van der Waals surface area contributed by atoms with Crippen molar-refractivity contribution < 1.29 is 9.53 Å². The highest BCUT2D eigenvalue weighted by Gasteiger charge is 2.24. The Hall–Kier alpha value is -0.900. The van der Waals surface area contributed by atoms with Crippen molar-refractivity contribution in [1.29, 1.82) is 0 Å². The topological polar surface area (TPSA) is 31.2 Å². The Labute approximate surface area is 120 Å². The summed E-state index contributed by atoms with van der Waals surface area (Å²) >= 11 is 1.76. The third-order valence-electron chi connectivity index (χ3n) is 3.10. The minimum absolute atomic E-state index is 0.117. The van der Waals surface area contributed by atoms with Crippen molar-refractivity contribution in [1.82, 2.24) is 4.57 Å². The van der Waals surface area contributed by atoms with Crippen LogP contribution in [0.5, 0.6) is 0 Å². The Morgan fingerprint density at radius 1 is 1.47 bits per heavy atom. The zero-order chi connectivity index (χ0) is 14.4. The molecule has 0 saturated heterocycles. The molecule has 1 rings (SSSR count). The minimum Gasteiger partial charge on any atom is -0.464 e. The first-order valence-electron chi connectivity index (χ1n) is 6.85. The average molecular weight is 283 g/mol. The van der Waals surface area contributed by atoms with E-state index in [9.17, 15) is 4.79 Å². The van der Waals surface area contributed by atoms with E-state index in [0.717, 1.165) is 12.2 Å². The summed E-state index contributed by atoms with van der Waals surface area (Å²) in [7, 11) is 0. The second-order valence-corrected chi connectivity index (χ2v) is 6.04. The van der Waals surface area contributed by atoms with Crippen LogP contribution in [0.4, 0.5) is 0 Å². The Bertz CT molecular complexity index is 412. The van der Waals surface area contributed by atoms with Gasteiger partial charge in [-0.3, -0.25) is 0 Å². The standard InChI is InChI=1S/C15H25NO2S/c1-6-18-15(17)13(7-8-19-5)16-10-12(4)9-14(16)11(2)3/h9-11,13H,6-8H2,1-5H3/t13-/m0/s1. The van der Waals surface area contributed by atoms with Crippen LogP contribution >= 0.6 is 11.8 Å². The van der Waals surface area contributed by atoms with Crippen molar-refractivity contribution in [2.24, 2.45) is 0 Å². The number of hydrogen-bond acceptors (Lipinski definition) is 3. The van der Waals surface area contributed by atoms with Gasteiger partial charge in [0, 0.05) is 11.9 Å². The van der Waals surface area contributed by atoms with Crippen LogP contribution in [0.25, 0.3) is 0 Å². The molecule has 1 heterocycles. The van der Waals surface area contributed by atoms with Crippen LogP contribution < -0.4 is 0 Å². The first-order chi connectivity index (χ1) is 9.01. The molecule has 0 amide bonds. The highest BCUT2D eigenvalue weighted by molar-refractivity contribution is 7.98. The van der Waals surface area contributed by atoms with E-state index < -0.39 is 0 Å². The van der Waals surface area contributed by atoms with Gasteiger partial charge in [0.2, 0.25) is 0 Å². The molecule has 0 aromatic carbocycles. The molecule has 0 aliphatic heterocycles. The van der Waals surface area contributed by atoms with Crippen molar-refractivity contribution in [2.75, 3.05) is 18.6 Å². The summed E-state index contributed by atoms with van der Waals surface area (Å²) in [6.45, 7) is 8.67. The molecule has 108 valence electrons. The molecule has 1 aromatic rings. The lowest BCUT2D eigenvalue weighted by molar-refractivity contribution is -0.147. The first-order valence-corrected chi connectivity index (χ1v) is 8.24. The average Bonchev–Trinajstić information content (AvgIpc) is 2.72. The number of aryl methyl sites for hydroxylation is 1. The highest BCUT2D eigenvalue weighted by Crippen LogP contribution is 2.26. The van der Waals surface area contributed by atoms with Gasteiger partial charge in [0.15, 0.2) is 0 Å². The Kier molecular flexibility index (Phi) is 6.49. The van der Waals surface area contributed by atoms with E-state index in [1.807, 2.05) is 6.92 Å². The van der Waals surface area contributed by atoms with E-state index in [-0.39, 0.29) is 12.0 Å². The highest BCUT2D eigenvalue weighted by atomic mass is 32.2. The van der Waals surface area contributed by atoms with Gasteiger partial charge in [0.1, 0.15) is 6.04 Å². The van der Waals surface area contributed by atoms with Crippen LogP contribution in [-0.4, -0.2) is 29.2 Å². The molecule has 19 heavy (non-hydrogen) atoms. The number of ether oxygens (including phenoxy) is 1. The van der Waals surface area contributed by atoms with E-state index in [1.54, 1.807) is 11.8 Å². The lowest BCUT2D eigenvalue weighted by atomic mass is 10.1. The number of rotatable bonds is 7. The van der Waals surface area contributed by atoms with Crippen LogP contribution in [0.15, 0.2) is 12.3 Å². The molecule has 1 atom stereocenters. The van der Waals surface area contributed by atoms with Crippen molar-refractivity contribution in [3.8, 4) is 0 Å². The number of hydrogen-bond donors (Lipinski definition) is 0. The van der Waals surface area contributed by atoms with E-state index in [1.165, 1.54) is 11.3 Å². The van der Waals surface area contributed by atoms with E-state index in [0.29, 0.717) is 12.5 Å². The quantitative estimate of drug-likeness (QED) is 0.714. The summed E-state index contributed by atoms with van der Waals surface area (Å²) in [5.74, 6) is 1.24. The number of esters is 1. The fourth-order valence-electron chi connectivity index (χ4n) is 2.21. The number of carbonyl (C=O) groups excluding carboxylic acids is 1. The molecule has 0 radical (unpaired) electrons. The Morgan fingerprint density at radius 3 is 2.68 bits per heavy atom. The Balaban J connectivity index is 3.05. The predicted octanol–water partition coefficient (Wildman–Crippen LogP) is 3.78. The zero-order valence-electron chi connectivity index (χ0n) is 12.6. The third-order valence-corrected chi connectivity index (χ3v) is 3.74. The molecule has 0 spiro atoms. The van der Waals surface area contributed by atoms with E-state index in [4.69, 9.17) is 4.74 Å². The molecule has 0 bridgehead atoms. The number of carbonyl (C=O) groups is 1.